The lowest BCUT2D eigenvalue weighted by Crippen LogP contribution is -2.58. The Balaban J connectivity index is 1.27. The highest BCUT2D eigenvalue weighted by Gasteiger charge is 2.61. The first-order chi connectivity index (χ1) is 24.8. The molecule has 0 radical (unpaired) electrons. The van der Waals surface area contributed by atoms with E-state index < -0.39 is 74.6 Å². The summed E-state index contributed by atoms with van der Waals surface area (Å²) in [5, 5.41) is 8.72. The summed E-state index contributed by atoms with van der Waals surface area (Å²) in [6, 6.07) is 4.54. The highest BCUT2D eigenvalue weighted by Crippen LogP contribution is 2.46. The Kier molecular flexibility index (Phi) is 11.5. The van der Waals surface area contributed by atoms with Gasteiger partial charge in [-0.2, -0.15) is 0 Å². The van der Waals surface area contributed by atoms with Crippen molar-refractivity contribution in [3.8, 4) is 0 Å². The van der Waals surface area contributed by atoms with Gasteiger partial charge in [-0.1, -0.05) is 61.7 Å². The Morgan fingerprint density at radius 1 is 1.12 bits per heavy atom. The van der Waals surface area contributed by atoms with Crippen molar-refractivity contribution >= 4 is 72.8 Å². The number of ether oxygens (including phenoxy) is 1. The van der Waals surface area contributed by atoms with Crippen molar-refractivity contribution in [3.63, 3.8) is 0 Å². The fourth-order valence-corrected chi connectivity index (χ4v) is 9.34. The molecule has 2 aliphatic carbocycles. The number of thiophene rings is 1. The number of carbonyl (C=O) groups excluding carboxylic acids is 5. The molecule has 3 heterocycles. The van der Waals surface area contributed by atoms with Crippen molar-refractivity contribution in [2.24, 2.45) is 11.8 Å². The summed E-state index contributed by atoms with van der Waals surface area (Å²) >= 11 is 7.83. The van der Waals surface area contributed by atoms with Crippen LogP contribution in [0, 0.1) is 11.8 Å². The molecule has 1 aromatic heterocycles. The molecule has 2 aromatic rings. The SMILES string of the molecule is CCC(C)S(=O)(=O)NC(=O)[C@@]12C[C@H]1/C=C\CCCCC[C@H](NC(=O)OCC1CC1)C(=O)N1C[C@H](NC(=O)c3sc4ccccc4c3Cl)C[C@H]1C(=O)N2. The number of allylic oxidation sites excluding steroid dienone is 1. The second-order valence-corrected chi connectivity index (χ2v) is 18.0. The van der Waals surface area contributed by atoms with Crippen LogP contribution in [0.1, 0.15) is 87.7 Å². The van der Waals surface area contributed by atoms with Gasteiger partial charge in [-0.3, -0.25) is 23.9 Å². The number of carbonyl (C=O) groups is 5. The van der Waals surface area contributed by atoms with E-state index in [1.807, 2.05) is 36.4 Å². The van der Waals surface area contributed by atoms with E-state index >= 15 is 0 Å². The van der Waals surface area contributed by atoms with Crippen molar-refractivity contribution in [2.45, 2.75) is 107 Å². The number of nitrogens with zero attached hydrogens (tertiary/aromatic N) is 1. The number of halogens is 1. The zero-order valence-electron chi connectivity index (χ0n) is 29.3. The van der Waals surface area contributed by atoms with Crippen LogP contribution in [-0.2, 0) is 29.1 Å². The highest BCUT2D eigenvalue weighted by atomic mass is 35.5. The molecule has 4 aliphatic rings. The molecule has 6 rings (SSSR count). The van der Waals surface area contributed by atoms with Gasteiger partial charge in [0.2, 0.25) is 21.8 Å². The van der Waals surface area contributed by atoms with Gasteiger partial charge in [-0.25, -0.2) is 13.2 Å². The smallest absolute Gasteiger partial charge is 0.407 e. The molecular weight excluding hydrogens is 730 g/mol. The molecule has 1 aromatic carbocycles. The van der Waals surface area contributed by atoms with E-state index in [1.54, 1.807) is 6.92 Å². The van der Waals surface area contributed by atoms with Crippen molar-refractivity contribution in [3.05, 3.63) is 46.3 Å². The van der Waals surface area contributed by atoms with Gasteiger partial charge < -0.3 is 25.6 Å². The molecule has 52 heavy (non-hydrogen) atoms. The molecular formula is C36H46ClN5O8S2. The molecule has 3 fully saturated rings. The van der Waals surface area contributed by atoms with E-state index in [9.17, 15) is 32.4 Å². The lowest BCUT2D eigenvalue weighted by atomic mass is 10.0. The maximum absolute atomic E-state index is 14.3. The predicted molar refractivity (Wildman–Crippen MR) is 197 cm³/mol. The van der Waals surface area contributed by atoms with Crippen LogP contribution >= 0.6 is 22.9 Å². The number of sulfonamides is 1. The molecule has 2 saturated carbocycles. The van der Waals surface area contributed by atoms with E-state index in [1.165, 1.54) is 23.2 Å². The maximum Gasteiger partial charge on any atom is 0.407 e. The van der Waals surface area contributed by atoms with Crippen LogP contribution in [-0.4, -0.2) is 85.1 Å². The third-order valence-electron chi connectivity index (χ3n) is 10.5. The molecule has 1 saturated heterocycles. The number of rotatable bonds is 9. The molecule has 1 unspecified atom stereocenters. The summed E-state index contributed by atoms with van der Waals surface area (Å²) in [7, 11) is -4.02. The standard InChI is InChI=1S/C36H46ClN5O8S2/c1-3-21(2)52(48,49)41-34(46)36-18-23(36)11-7-5-4-6-8-13-26(39-35(47)50-20-22-15-16-22)33(45)42-19-24(17-27(42)31(43)40-36)38-32(44)30-29(37)25-12-9-10-14-28(25)51-30/h7,9-12,14,21-24,26-27H,3-6,8,13,15-20H2,1-2H3,(H,38,44)(H,39,47)(H,40,43)(H,41,46)/b11-7-/t21?,23-,24-,26+,27+,36-/m1/s1. The Morgan fingerprint density at radius 3 is 2.62 bits per heavy atom. The largest absolute Gasteiger partial charge is 0.449 e. The summed E-state index contributed by atoms with van der Waals surface area (Å²) in [6.07, 6.45) is 8.64. The summed E-state index contributed by atoms with van der Waals surface area (Å²) in [5.74, 6) is -2.61. The van der Waals surface area contributed by atoms with Gasteiger partial charge in [0.25, 0.3) is 11.8 Å². The summed E-state index contributed by atoms with van der Waals surface area (Å²) in [5.41, 5.74) is -1.54. The minimum absolute atomic E-state index is 0.00798. The van der Waals surface area contributed by atoms with Gasteiger partial charge in [0, 0.05) is 28.6 Å². The van der Waals surface area contributed by atoms with E-state index in [4.69, 9.17) is 16.3 Å². The average molecular weight is 776 g/mol. The molecule has 0 bridgehead atoms. The van der Waals surface area contributed by atoms with Gasteiger partial charge in [0.05, 0.1) is 16.9 Å². The monoisotopic (exact) mass is 775 g/mol. The van der Waals surface area contributed by atoms with E-state index in [-0.39, 0.29) is 32.4 Å². The topological polar surface area (TPSA) is 180 Å². The second-order valence-electron chi connectivity index (χ2n) is 14.4. The minimum Gasteiger partial charge on any atom is -0.449 e. The lowest BCUT2D eigenvalue weighted by molar-refractivity contribution is -0.141. The quantitative estimate of drug-likeness (QED) is 0.271. The van der Waals surface area contributed by atoms with Gasteiger partial charge >= 0.3 is 6.09 Å². The fourth-order valence-electron chi connectivity index (χ4n) is 6.84. The number of hydrogen-bond donors (Lipinski definition) is 4. The highest BCUT2D eigenvalue weighted by molar-refractivity contribution is 7.90. The Labute approximate surface area is 312 Å². The summed E-state index contributed by atoms with van der Waals surface area (Å²) < 4.78 is 34.3. The van der Waals surface area contributed by atoms with E-state index in [0.29, 0.717) is 35.1 Å². The Bertz CT molecular complexity index is 1860. The van der Waals surface area contributed by atoms with Crippen LogP contribution in [0.3, 0.4) is 0 Å². The van der Waals surface area contributed by atoms with Crippen molar-refractivity contribution in [1.29, 1.82) is 0 Å². The molecule has 0 spiro atoms. The third-order valence-corrected chi connectivity index (χ3v) is 14.1. The molecule has 282 valence electrons. The van der Waals surface area contributed by atoms with Crippen molar-refractivity contribution < 1.29 is 37.1 Å². The van der Waals surface area contributed by atoms with Crippen LogP contribution in [0.2, 0.25) is 5.02 Å². The van der Waals surface area contributed by atoms with Gasteiger partial charge in [0.15, 0.2) is 0 Å². The Hall–Kier alpha value is -3.69. The molecule has 2 aliphatic heterocycles. The summed E-state index contributed by atoms with van der Waals surface area (Å²) in [4.78, 5) is 70.4. The van der Waals surface area contributed by atoms with Crippen LogP contribution < -0.4 is 20.7 Å². The molecule has 16 heteroatoms. The fraction of sp³-hybridized carbons (Fsp3) is 0.583. The van der Waals surface area contributed by atoms with Crippen molar-refractivity contribution in [1.82, 2.24) is 25.6 Å². The Morgan fingerprint density at radius 2 is 1.88 bits per heavy atom. The first-order valence-electron chi connectivity index (χ1n) is 18.1. The van der Waals surface area contributed by atoms with Crippen LogP contribution in [0.5, 0.6) is 0 Å². The second kappa shape index (κ2) is 15.7. The van der Waals surface area contributed by atoms with Crippen LogP contribution in [0.25, 0.3) is 10.1 Å². The number of fused-ring (bicyclic) bond motifs is 3. The van der Waals surface area contributed by atoms with Gasteiger partial charge in [-0.05, 0) is 70.3 Å². The first kappa shape index (κ1) is 38.0. The normalized spacial score (nSPS) is 27.9. The van der Waals surface area contributed by atoms with Crippen LogP contribution in [0.4, 0.5) is 4.79 Å². The lowest BCUT2D eigenvalue weighted by Gasteiger charge is -2.30. The molecule has 5 amide bonds. The van der Waals surface area contributed by atoms with Gasteiger partial charge in [-0.15, -0.1) is 11.3 Å². The first-order valence-corrected chi connectivity index (χ1v) is 20.8. The predicted octanol–water partition coefficient (Wildman–Crippen LogP) is 4.40. The van der Waals surface area contributed by atoms with E-state index in [0.717, 1.165) is 35.8 Å². The molecule has 13 nitrogen and oxygen atoms in total. The number of hydrogen-bond acceptors (Lipinski definition) is 9. The number of alkyl carbamates (subject to hydrolysis) is 1. The number of nitrogens with one attached hydrogen (secondary N) is 4. The molecule has 6 atom stereocenters. The zero-order valence-corrected chi connectivity index (χ0v) is 31.7. The summed E-state index contributed by atoms with van der Waals surface area (Å²) in [6.45, 7) is 3.42. The maximum atomic E-state index is 14.3. The minimum atomic E-state index is -4.02. The number of benzene rings is 1. The average Bonchev–Trinajstić information content (AvgIpc) is 4.00. The zero-order chi connectivity index (χ0) is 37.2. The molecule has 4 N–H and O–H groups in total. The third kappa shape index (κ3) is 8.41. The number of amides is 5. The van der Waals surface area contributed by atoms with E-state index in [2.05, 4.69) is 20.7 Å². The van der Waals surface area contributed by atoms with Crippen molar-refractivity contribution in [2.75, 3.05) is 13.2 Å². The van der Waals surface area contributed by atoms with Crippen LogP contribution in [0.15, 0.2) is 36.4 Å². The van der Waals surface area contributed by atoms with Gasteiger partial charge in [0.1, 0.15) is 22.5 Å².